The van der Waals surface area contributed by atoms with Gasteiger partial charge in [0.25, 0.3) is 5.56 Å². The minimum atomic E-state index is -0.876. The molecule has 23 heavy (non-hydrogen) atoms. The summed E-state index contributed by atoms with van der Waals surface area (Å²) in [7, 11) is 0. The molecule has 0 saturated carbocycles. The predicted octanol–water partition coefficient (Wildman–Crippen LogP) is 2.17. The van der Waals surface area contributed by atoms with Gasteiger partial charge in [-0.2, -0.15) is 0 Å². The van der Waals surface area contributed by atoms with Gasteiger partial charge in [0.2, 0.25) is 0 Å². The van der Waals surface area contributed by atoms with Crippen molar-refractivity contribution in [3.8, 4) is 0 Å². The van der Waals surface area contributed by atoms with Crippen LogP contribution in [0.5, 0.6) is 0 Å². The Morgan fingerprint density at radius 2 is 2.17 bits per heavy atom. The maximum atomic E-state index is 13.4. The predicted molar refractivity (Wildman–Crippen MR) is 85.9 cm³/mol. The maximum Gasteiger partial charge on any atom is 0.271 e. The first-order valence-electron chi connectivity index (χ1n) is 7.07. The van der Waals surface area contributed by atoms with E-state index in [-0.39, 0.29) is 31.1 Å². The highest BCUT2D eigenvalue weighted by Crippen LogP contribution is 2.13. The second kappa shape index (κ2) is 6.99. The molecule has 0 spiro atoms. The van der Waals surface area contributed by atoms with Crippen LogP contribution in [0.3, 0.4) is 0 Å². The minimum absolute atomic E-state index is 0.00323. The van der Waals surface area contributed by atoms with E-state index in [0.717, 1.165) is 0 Å². The lowest BCUT2D eigenvalue weighted by molar-refractivity contribution is 0.0189. The Hall–Kier alpha value is -2.09. The number of aliphatic hydroxyl groups excluding tert-OH is 1. The number of rotatable bonds is 6. The molecule has 0 fully saturated rings. The molecule has 0 unspecified atom stereocenters. The summed E-state index contributed by atoms with van der Waals surface area (Å²) in [5.74, 6) is -0.342. The number of hydrogen-bond acceptors (Lipinski definition) is 5. The smallest absolute Gasteiger partial charge is 0.271 e. The number of hydrogen-bond donors (Lipinski definition) is 1. The SMILES string of the molecule is O=c1c2sccc2ncn1C[C@H](O)COCc1ccccc1F. The Morgan fingerprint density at radius 1 is 1.35 bits per heavy atom. The molecule has 0 radical (unpaired) electrons. The first-order chi connectivity index (χ1) is 11.1. The monoisotopic (exact) mass is 334 g/mol. The molecule has 2 aromatic heterocycles. The molecule has 5 nitrogen and oxygen atoms in total. The van der Waals surface area contributed by atoms with Crippen molar-refractivity contribution in [2.24, 2.45) is 0 Å². The fourth-order valence-corrected chi connectivity index (χ4v) is 3.00. The summed E-state index contributed by atoms with van der Waals surface area (Å²) in [6.07, 6.45) is 0.538. The van der Waals surface area contributed by atoms with Crippen molar-refractivity contribution >= 4 is 21.6 Å². The Labute approximate surface area is 135 Å². The molecule has 0 saturated heterocycles. The number of ether oxygens (including phenoxy) is 1. The van der Waals surface area contributed by atoms with Gasteiger partial charge in [-0.25, -0.2) is 9.37 Å². The van der Waals surface area contributed by atoms with E-state index in [4.69, 9.17) is 4.74 Å². The van der Waals surface area contributed by atoms with E-state index in [2.05, 4.69) is 4.98 Å². The van der Waals surface area contributed by atoms with E-state index in [1.165, 1.54) is 28.3 Å². The number of halogens is 1. The summed E-state index contributed by atoms with van der Waals surface area (Å²) in [5, 5.41) is 11.8. The molecule has 3 aromatic rings. The molecule has 2 heterocycles. The summed E-state index contributed by atoms with van der Waals surface area (Å²) in [4.78, 5) is 16.4. The van der Waals surface area contributed by atoms with Gasteiger partial charge in [0.05, 0.1) is 37.7 Å². The van der Waals surface area contributed by atoms with Crippen LogP contribution in [0.15, 0.2) is 46.8 Å². The third kappa shape index (κ3) is 3.64. The number of benzene rings is 1. The van der Waals surface area contributed by atoms with Crippen molar-refractivity contribution in [1.29, 1.82) is 0 Å². The lowest BCUT2D eigenvalue weighted by Gasteiger charge is -2.13. The first-order valence-corrected chi connectivity index (χ1v) is 7.95. The van der Waals surface area contributed by atoms with Crippen molar-refractivity contribution in [3.63, 3.8) is 0 Å². The van der Waals surface area contributed by atoms with Gasteiger partial charge >= 0.3 is 0 Å². The van der Waals surface area contributed by atoms with Gasteiger partial charge in [-0.15, -0.1) is 11.3 Å². The number of aromatic nitrogens is 2. The molecule has 0 aliphatic heterocycles. The second-order valence-electron chi connectivity index (χ2n) is 5.10. The minimum Gasteiger partial charge on any atom is -0.389 e. The normalized spacial score (nSPS) is 12.6. The zero-order valence-corrected chi connectivity index (χ0v) is 13.0. The average molecular weight is 334 g/mol. The molecule has 120 valence electrons. The molecule has 3 rings (SSSR count). The largest absolute Gasteiger partial charge is 0.389 e. The lowest BCUT2D eigenvalue weighted by Crippen LogP contribution is -2.29. The summed E-state index contributed by atoms with van der Waals surface area (Å²) < 4.78 is 20.7. The summed E-state index contributed by atoms with van der Waals surface area (Å²) in [6.45, 7) is 0.154. The van der Waals surface area contributed by atoms with Crippen molar-refractivity contribution in [2.75, 3.05) is 6.61 Å². The lowest BCUT2D eigenvalue weighted by atomic mass is 10.2. The van der Waals surface area contributed by atoms with Gasteiger partial charge in [-0.1, -0.05) is 18.2 Å². The Kier molecular flexibility index (Phi) is 4.80. The van der Waals surface area contributed by atoms with Crippen LogP contribution in [0, 0.1) is 5.82 Å². The second-order valence-corrected chi connectivity index (χ2v) is 6.01. The highest BCUT2D eigenvalue weighted by Gasteiger charge is 2.11. The van der Waals surface area contributed by atoms with Gasteiger partial charge in [-0.3, -0.25) is 9.36 Å². The van der Waals surface area contributed by atoms with E-state index >= 15 is 0 Å². The zero-order valence-electron chi connectivity index (χ0n) is 12.2. The van der Waals surface area contributed by atoms with Gasteiger partial charge in [0.15, 0.2) is 0 Å². The molecular formula is C16H15FN2O3S. The van der Waals surface area contributed by atoms with E-state index in [1.807, 2.05) is 0 Å². The fraction of sp³-hybridized carbons (Fsp3) is 0.250. The molecular weight excluding hydrogens is 319 g/mol. The third-order valence-electron chi connectivity index (χ3n) is 3.37. The highest BCUT2D eigenvalue weighted by atomic mass is 32.1. The first kappa shape index (κ1) is 15.8. The fourth-order valence-electron chi connectivity index (χ4n) is 2.21. The molecule has 1 N–H and O–H groups in total. The molecule has 0 bridgehead atoms. The van der Waals surface area contributed by atoms with Crippen molar-refractivity contribution in [1.82, 2.24) is 9.55 Å². The van der Waals surface area contributed by atoms with Gasteiger partial charge in [0, 0.05) is 5.56 Å². The van der Waals surface area contributed by atoms with E-state index < -0.39 is 6.10 Å². The molecule has 7 heteroatoms. The van der Waals surface area contributed by atoms with Crippen LogP contribution in [0.1, 0.15) is 5.56 Å². The third-order valence-corrected chi connectivity index (χ3v) is 4.26. The van der Waals surface area contributed by atoms with E-state index in [0.29, 0.717) is 15.8 Å². The van der Waals surface area contributed by atoms with Crippen LogP contribution in [0.2, 0.25) is 0 Å². The highest BCUT2D eigenvalue weighted by molar-refractivity contribution is 7.17. The standard InChI is InChI=1S/C16H15FN2O3S/c17-13-4-2-1-3-11(13)8-22-9-12(20)7-19-10-18-14-5-6-23-15(14)16(19)21/h1-6,10,12,20H,7-9H2/t12-/m0/s1. The van der Waals surface area contributed by atoms with Gasteiger partial charge < -0.3 is 9.84 Å². The van der Waals surface area contributed by atoms with Crippen LogP contribution < -0.4 is 5.56 Å². The van der Waals surface area contributed by atoms with E-state index in [1.54, 1.807) is 29.6 Å². The molecule has 0 amide bonds. The van der Waals surface area contributed by atoms with Crippen molar-refractivity contribution in [3.05, 3.63) is 63.8 Å². The van der Waals surface area contributed by atoms with Crippen LogP contribution >= 0.6 is 11.3 Å². The number of thiophene rings is 1. The quantitative estimate of drug-likeness (QED) is 0.750. The summed E-state index contributed by atoms with van der Waals surface area (Å²) in [6, 6.07) is 8.09. The molecule has 0 aliphatic rings. The Bertz CT molecular complexity index is 862. The zero-order chi connectivity index (χ0) is 16.2. The molecule has 1 aromatic carbocycles. The van der Waals surface area contributed by atoms with Gasteiger partial charge in [-0.05, 0) is 17.5 Å². The Balaban J connectivity index is 1.58. The van der Waals surface area contributed by atoms with Crippen molar-refractivity contribution < 1.29 is 14.2 Å². The van der Waals surface area contributed by atoms with Crippen molar-refractivity contribution in [2.45, 2.75) is 19.3 Å². The maximum absolute atomic E-state index is 13.4. The molecule has 1 atom stereocenters. The topological polar surface area (TPSA) is 64.4 Å². The van der Waals surface area contributed by atoms with E-state index in [9.17, 15) is 14.3 Å². The summed E-state index contributed by atoms with van der Waals surface area (Å²) >= 11 is 1.32. The number of nitrogens with zero attached hydrogens (tertiary/aromatic N) is 2. The van der Waals surface area contributed by atoms with Crippen LogP contribution in [-0.2, 0) is 17.9 Å². The Morgan fingerprint density at radius 3 is 3.00 bits per heavy atom. The average Bonchev–Trinajstić information content (AvgIpc) is 3.01. The van der Waals surface area contributed by atoms with Crippen LogP contribution in [0.25, 0.3) is 10.2 Å². The molecule has 0 aliphatic carbocycles. The van der Waals surface area contributed by atoms with Gasteiger partial charge in [0.1, 0.15) is 10.5 Å². The van der Waals surface area contributed by atoms with Crippen LogP contribution in [-0.4, -0.2) is 27.4 Å². The number of fused-ring (bicyclic) bond motifs is 1. The van der Waals surface area contributed by atoms with Crippen LogP contribution in [0.4, 0.5) is 4.39 Å². The number of aliphatic hydroxyl groups is 1. The summed E-state index contributed by atoms with van der Waals surface area (Å²) in [5.41, 5.74) is 0.901.